The van der Waals surface area contributed by atoms with Gasteiger partial charge >= 0.3 is 6.18 Å². The highest BCUT2D eigenvalue weighted by Crippen LogP contribution is 2.31. The molecule has 0 bridgehead atoms. The molecule has 0 aliphatic heterocycles. The lowest BCUT2D eigenvalue weighted by molar-refractivity contribution is -0.137. The van der Waals surface area contributed by atoms with Crippen molar-refractivity contribution in [2.24, 2.45) is 5.73 Å². The van der Waals surface area contributed by atoms with Gasteiger partial charge in [0.2, 0.25) is 0 Å². The number of fused-ring (bicyclic) bond motifs is 1. The van der Waals surface area contributed by atoms with Gasteiger partial charge in [-0.05, 0) is 61.3 Å². The Kier molecular flexibility index (Phi) is 8.26. The number of rotatable bonds is 9. The number of amides is 1. The van der Waals surface area contributed by atoms with E-state index in [1.807, 2.05) is 37.3 Å². The van der Waals surface area contributed by atoms with Gasteiger partial charge in [-0.15, -0.1) is 0 Å². The molecule has 0 saturated carbocycles. The molecule has 1 unspecified atom stereocenters. The highest BCUT2D eigenvalue weighted by molar-refractivity contribution is 5.94. The summed E-state index contributed by atoms with van der Waals surface area (Å²) in [6, 6.07) is 18.3. The van der Waals surface area contributed by atoms with Gasteiger partial charge in [-0.1, -0.05) is 43.3 Å². The topological polar surface area (TPSA) is 80.7 Å². The van der Waals surface area contributed by atoms with Crippen molar-refractivity contribution in [3.05, 3.63) is 117 Å². The maximum Gasteiger partial charge on any atom is 0.416 e. The number of pyridine rings is 1. The molecular formula is C29H29F3N4O2. The third-order valence-corrected chi connectivity index (χ3v) is 6.48. The number of carbonyl (C=O) groups is 1. The van der Waals surface area contributed by atoms with Crippen LogP contribution >= 0.6 is 0 Å². The van der Waals surface area contributed by atoms with Crippen LogP contribution in [-0.2, 0) is 12.6 Å². The summed E-state index contributed by atoms with van der Waals surface area (Å²) in [5.41, 5.74) is 7.13. The number of hydrogen-bond donors (Lipinski definition) is 1. The molecule has 6 nitrogen and oxygen atoms in total. The Bertz CT molecular complexity index is 1450. The molecule has 9 heteroatoms. The number of aromatic nitrogens is 2. The molecule has 0 saturated heterocycles. The number of nitrogens with zero attached hydrogens (tertiary/aromatic N) is 3. The van der Waals surface area contributed by atoms with Crippen LogP contribution in [-0.4, -0.2) is 33.3 Å². The second-order valence-electron chi connectivity index (χ2n) is 9.01. The first-order chi connectivity index (χ1) is 18.2. The first-order valence-corrected chi connectivity index (χ1v) is 12.5. The zero-order valence-electron chi connectivity index (χ0n) is 21.0. The Hall–Kier alpha value is -3.98. The monoisotopic (exact) mass is 522 g/mol. The van der Waals surface area contributed by atoms with E-state index in [1.54, 1.807) is 29.3 Å². The minimum absolute atomic E-state index is 0.121. The van der Waals surface area contributed by atoms with E-state index in [4.69, 9.17) is 10.7 Å². The zero-order valence-corrected chi connectivity index (χ0v) is 21.0. The highest BCUT2D eigenvalue weighted by Gasteiger charge is 2.32. The van der Waals surface area contributed by atoms with E-state index in [2.05, 4.69) is 0 Å². The molecule has 198 valence electrons. The predicted molar refractivity (Wildman–Crippen MR) is 140 cm³/mol. The van der Waals surface area contributed by atoms with Crippen molar-refractivity contribution in [3.8, 4) is 0 Å². The van der Waals surface area contributed by atoms with Gasteiger partial charge in [-0.25, -0.2) is 4.98 Å². The van der Waals surface area contributed by atoms with Crippen molar-refractivity contribution in [3.63, 3.8) is 0 Å². The van der Waals surface area contributed by atoms with Gasteiger partial charge in [0.25, 0.3) is 11.5 Å². The van der Waals surface area contributed by atoms with Crippen LogP contribution in [0.3, 0.4) is 0 Å². The van der Waals surface area contributed by atoms with E-state index in [9.17, 15) is 22.8 Å². The average Bonchev–Trinajstić information content (AvgIpc) is 2.92. The molecule has 38 heavy (non-hydrogen) atoms. The molecule has 0 aliphatic rings. The standard InChI is InChI=1S/C29H29F3N4O2/c1-2-24(35(18-8-16-33)27(37)21-12-14-22(15-13-21)29(30,31)32)26-23(19-20-9-4-3-5-10-20)28(38)36-17-7-6-11-25(36)34-26/h3-7,9-15,17,24H,2,8,16,18-19,33H2,1H3. The molecule has 0 aliphatic carbocycles. The molecule has 0 fully saturated rings. The lowest BCUT2D eigenvalue weighted by Gasteiger charge is -2.32. The van der Waals surface area contributed by atoms with Crippen LogP contribution in [0.15, 0.2) is 83.8 Å². The molecule has 1 amide bonds. The quantitative estimate of drug-likeness (QED) is 0.326. The summed E-state index contributed by atoms with van der Waals surface area (Å²) in [5, 5.41) is 0. The Morgan fingerprint density at radius 3 is 2.34 bits per heavy atom. The second kappa shape index (κ2) is 11.6. The lowest BCUT2D eigenvalue weighted by Crippen LogP contribution is -2.38. The summed E-state index contributed by atoms with van der Waals surface area (Å²) in [5.74, 6) is -0.445. The van der Waals surface area contributed by atoms with Crippen molar-refractivity contribution < 1.29 is 18.0 Å². The maximum atomic E-state index is 13.7. The van der Waals surface area contributed by atoms with Crippen molar-refractivity contribution in [2.45, 2.75) is 38.4 Å². The van der Waals surface area contributed by atoms with E-state index in [0.717, 1.165) is 17.7 Å². The minimum Gasteiger partial charge on any atom is -0.330 e. The summed E-state index contributed by atoms with van der Waals surface area (Å²) < 4.78 is 40.8. The van der Waals surface area contributed by atoms with Crippen LogP contribution in [0.5, 0.6) is 0 Å². The van der Waals surface area contributed by atoms with Gasteiger partial charge in [0.05, 0.1) is 17.3 Å². The van der Waals surface area contributed by atoms with Crippen molar-refractivity contribution >= 4 is 11.6 Å². The van der Waals surface area contributed by atoms with Crippen LogP contribution in [0, 0.1) is 0 Å². The van der Waals surface area contributed by atoms with E-state index >= 15 is 0 Å². The molecule has 2 N–H and O–H groups in total. The van der Waals surface area contributed by atoms with Gasteiger partial charge in [0, 0.05) is 30.3 Å². The van der Waals surface area contributed by atoms with E-state index in [1.165, 1.54) is 16.5 Å². The van der Waals surface area contributed by atoms with Crippen LogP contribution in [0.4, 0.5) is 13.2 Å². The van der Waals surface area contributed by atoms with Crippen LogP contribution < -0.4 is 11.3 Å². The minimum atomic E-state index is -4.50. The van der Waals surface area contributed by atoms with Gasteiger partial charge in [0.15, 0.2) is 0 Å². The summed E-state index contributed by atoms with van der Waals surface area (Å²) in [4.78, 5) is 33.8. The molecule has 1 atom stereocenters. The SMILES string of the molecule is CCC(c1nc2ccccn2c(=O)c1Cc1ccccc1)N(CCCN)C(=O)c1ccc(C(F)(F)F)cc1. The number of hydrogen-bond acceptors (Lipinski definition) is 4. The lowest BCUT2D eigenvalue weighted by atomic mass is 9.97. The molecular weight excluding hydrogens is 493 g/mol. The zero-order chi connectivity index (χ0) is 27.3. The van der Waals surface area contributed by atoms with Crippen LogP contribution in [0.25, 0.3) is 5.65 Å². The van der Waals surface area contributed by atoms with Crippen LogP contribution in [0.2, 0.25) is 0 Å². The van der Waals surface area contributed by atoms with Crippen molar-refractivity contribution in [1.29, 1.82) is 0 Å². The Balaban J connectivity index is 1.83. The fraction of sp³-hybridized carbons (Fsp3) is 0.276. The fourth-order valence-corrected chi connectivity index (χ4v) is 4.57. The summed E-state index contributed by atoms with van der Waals surface area (Å²) >= 11 is 0. The number of alkyl halides is 3. The van der Waals surface area contributed by atoms with Gasteiger partial charge in [-0.3, -0.25) is 14.0 Å². The van der Waals surface area contributed by atoms with Gasteiger partial charge in [-0.2, -0.15) is 13.2 Å². The molecule has 4 aromatic rings. The third-order valence-electron chi connectivity index (χ3n) is 6.48. The summed E-state index contributed by atoms with van der Waals surface area (Å²) in [6.45, 7) is 2.47. The van der Waals surface area contributed by atoms with E-state index < -0.39 is 23.7 Å². The summed E-state index contributed by atoms with van der Waals surface area (Å²) in [7, 11) is 0. The Morgan fingerprint density at radius 2 is 1.71 bits per heavy atom. The third kappa shape index (κ3) is 5.78. The number of halogens is 3. The molecule has 2 heterocycles. The highest BCUT2D eigenvalue weighted by atomic mass is 19.4. The van der Waals surface area contributed by atoms with E-state index in [-0.39, 0.29) is 17.7 Å². The predicted octanol–water partition coefficient (Wildman–Crippen LogP) is 5.25. The largest absolute Gasteiger partial charge is 0.416 e. The Morgan fingerprint density at radius 1 is 1.03 bits per heavy atom. The van der Waals surface area contributed by atoms with Crippen molar-refractivity contribution in [2.75, 3.05) is 13.1 Å². The first-order valence-electron chi connectivity index (χ1n) is 12.5. The smallest absolute Gasteiger partial charge is 0.330 e. The first kappa shape index (κ1) is 27.1. The molecule has 0 spiro atoms. The van der Waals surface area contributed by atoms with E-state index in [0.29, 0.717) is 42.7 Å². The molecule has 2 aromatic heterocycles. The number of benzene rings is 2. The fourth-order valence-electron chi connectivity index (χ4n) is 4.57. The van der Waals surface area contributed by atoms with Gasteiger partial charge in [0.1, 0.15) is 5.65 Å². The molecule has 4 rings (SSSR count). The normalized spacial score (nSPS) is 12.4. The molecule has 0 radical (unpaired) electrons. The number of nitrogens with two attached hydrogens (primary N) is 1. The molecule has 2 aromatic carbocycles. The van der Waals surface area contributed by atoms with Crippen molar-refractivity contribution in [1.82, 2.24) is 14.3 Å². The van der Waals surface area contributed by atoms with Gasteiger partial charge < -0.3 is 10.6 Å². The van der Waals surface area contributed by atoms with Crippen LogP contribution in [0.1, 0.15) is 58.5 Å². The number of carbonyl (C=O) groups excluding carboxylic acids is 1. The Labute approximate surface area is 218 Å². The second-order valence-corrected chi connectivity index (χ2v) is 9.01. The maximum absolute atomic E-state index is 13.7. The average molecular weight is 523 g/mol. The summed E-state index contributed by atoms with van der Waals surface area (Å²) in [6.07, 6.45) is -1.62.